The Morgan fingerprint density at radius 2 is 1.63 bits per heavy atom. The maximum Gasteiger partial charge on any atom is 0.198 e. The van der Waals surface area contributed by atoms with Gasteiger partial charge >= 0.3 is 0 Å². The molecule has 0 saturated carbocycles. The van der Waals surface area contributed by atoms with E-state index >= 15 is 0 Å². The predicted molar refractivity (Wildman–Crippen MR) is 70.8 cm³/mol. The molecule has 0 radical (unpaired) electrons. The average molecular weight is 304 g/mol. The molecule has 0 saturated heterocycles. The van der Waals surface area contributed by atoms with E-state index in [-0.39, 0.29) is 17.3 Å². The molecule has 6 heteroatoms. The molecule has 0 aromatic heterocycles. The zero-order valence-electron chi connectivity index (χ0n) is 9.59. The zero-order chi connectivity index (χ0) is 14.0. The number of rotatable bonds is 3. The summed E-state index contributed by atoms with van der Waals surface area (Å²) in [6.45, 7) is 0.0426. The van der Waals surface area contributed by atoms with Crippen LogP contribution in [0.5, 0.6) is 11.5 Å². The van der Waals surface area contributed by atoms with Gasteiger partial charge in [0.05, 0.1) is 10.0 Å². The highest BCUT2D eigenvalue weighted by atomic mass is 35.5. The van der Waals surface area contributed by atoms with Gasteiger partial charge in [-0.1, -0.05) is 23.2 Å². The molecule has 0 amide bonds. The fourth-order valence-electron chi connectivity index (χ4n) is 1.49. The molecule has 19 heavy (non-hydrogen) atoms. The number of hydrogen-bond donors (Lipinski definition) is 1. The van der Waals surface area contributed by atoms with Gasteiger partial charge in [-0.2, -0.15) is 0 Å². The van der Waals surface area contributed by atoms with Crippen LogP contribution in [0.25, 0.3) is 0 Å². The summed E-state index contributed by atoms with van der Waals surface area (Å²) < 4.78 is 32.5. The van der Waals surface area contributed by atoms with E-state index in [0.717, 1.165) is 12.1 Å². The second-order valence-corrected chi connectivity index (χ2v) is 4.59. The molecule has 100 valence electrons. The minimum Gasteiger partial charge on any atom is -0.451 e. The maximum atomic E-state index is 13.7. The van der Waals surface area contributed by atoms with Crippen molar-refractivity contribution in [1.82, 2.24) is 0 Å². The number of halogens is 4. The van der Waals surface area contributed by atoms with Crippen molar-refractivity contribution in [3.63, 3.8) is 0 Å². The molecule has 2 nitrogen and oxygen atoms in total. The van der Waals surface area contributed by atoms with Crippen molar-refractivity contribution in [3.05, 3.63) is 57.6 Å². The van der Waals surface area contributed by atoms with Crippen LogP contribution in [0.4, 0.5) is 8.78 Å². The fraction of sp³-hybridized carbons (Fsp3) is 0.0769. The third-order valence-electron chi connectivity index (χ3n) is 2.40. The molecule has 2 rings (SSSR count). The Morgan fingerprint density at radius 3 is 2.16 bits per heavy atom. The van der Waals surface area contributed by atoms with Crippen LogP contribution < -0.4 is 10.5 Å². The van der Waals surface area contributed by atoms with Crippen molar-refractivity contribution in [1.29, 1.82) is 0 Å². The summed E-state index contributed by atoms with van der Waals surface area (Å²) in [5.74, 6) is -1.97. The SMILES string of the molecule is NCc1cc(F)c(Oc2ccc(Cl)c(Cl)c2)c(F)c1. The lowest BCUT2D eigenvalue weighted by Crippen LogP contribution is -2.00. The number of hydrogen-bond acceptors (Lipinski definition) is 2. The third-order valence-corrected chi connectivity index (χ3v) is 3.14. The first-order chi connectivity index (χ1) is 9.01. The Hall–Kier alpha value is -1.36. The molecule has 0 heterocycles. The predicted octanol–water partition coefficient (Wildman–Crippen LogP) is 4.52. The summed E-state index contributed by atoms with van der Waals surface area (Å²) >= 11 is 11.5. The highest BCUT2D eigenvalue weighted by molar-refractivity contribution is 6.42. The van der Waals surface area contributed by atoms with Gasteiger partial charge in [0.25, 0.3) is 0 Å². The van der Waals surface area contributed by atoms with Crippen LogP contribution in [0.15, 0.2) is 30.3 Å². The van der Waals surface area contributed by atoms with Crippen LogP contribution in [0.3, 0.4) is 0 Å². The van der Waals surface area contributed by atoms with Crippen LogP contribution in [-0.2, 0) is 6.54 Å². The largest absolute Gasteiger partial charge is 0.451 e. The minimum absolute atomic E-state index is 0.0426. The van der Waals surface area contributed by atoms with Gasteiger partial charge in [0.15, 0.2) is 17.4 Å². The molecule has 2 N–H and O–H groups in total. The van der Waals surface area contributed by atoms with Crippen LogP contribution in [0.1, 0.15) is 5.56 Å². The molecule has 0 aliphatic carbocycles. The summed E-state index contributed by atoms with van der Waals surface area (Å²) in [7, 11) is 0. The summed E-state index contributed by atoms with van der Waals surface area (Å²) in [5.41, 5.74) is 5.66. The lowest BCUT2D eigenvalue weighted by Gasteiger charge is -2.10. The van der Waals surface area contributed by atoms with Gasteiger partial charge < -0.3 is 10.5 Å². The van der Waals surface area contributed by atoms with Crippen LogP contribution in [-0.4, -0.2) is 0 Å². The van der Waals surface area contributed by atoms with E-state index in [9.17, 15) is 8.78 Å². The first-order valence-electron chi connectivity index (χ1n) is 5.32. The van der Waals surface area contributed by atoms with E-state index in [2.05, 4.69) is 0 Å². The van der Waals surface area contributed by atoms with Gasteiger partial charge in [-0.05, 0) is 29.8 Å². The van der Waals surface area contributed by atoms with E-state index in [1.165, 1.54) is 18.2 Å². The van der Waals surface area contributed by atoms with Crippen molar-refractivity contribution in [3.8, 4) is 11.5 Å². The first-order valence-corrected chi connectivity index (χ1v) is 6.07. The summed E-state index contributed by atoms with van der Waals surface area (Å²) in [5, 5.41) is 0.562. The molecular weight excluding hydrogens is 295 g/mol. The monoisotopic (exact) mass is 303 g/mol. The molecular formula is C13H9Cl2F2NO. The fourth-order valence-corrected chi connectivity index (χ4v) is 1.77. The maximum absolute atomic E-state index is 13.7. The van der Waals surface area contributed by atoms with E-state index in [1.807, 2.05) is 0 Å². The highest BCUT2D eigenvalue weighted by Crippen LogP contribution is 2.32. The van der Waals surface area contributed by atoms with Gasteiger partial charge in [-0.15, -0.1) is 0 Å². The van der Waals surface area contributed by atoms with E-state index < -0.39 is 17.4 Å². The normalized spacial score (nSPS) is 10.6. The summed E-state index contributed by atoms with van der Waals surface area (Å²) in [6, 6.07) is 6.55. The van der Waals surface area contributed by atoms with Crippen LogP contribution in [0, 0.1) is 11.6 Å². The molecule has 0 aliphatic heterocycles. The van der Waals surface area contributed by atoms with E-state index in [4.69, 9.17) is 33.7 Å². The standard InChI is InChI=1S/C13H9Cl2F2NO/c14-9-2-1-8(5-10(9)15)19-13-11(16)3-7(6-18)4-12(13)17/h1-5H,6,18H2. The number of benzene rings is 2. The van der Waals surface area contributed by atoms with Crippen molar-refractivity contribution in [2.45, 2.75) is 6.54 Å². The Balaban J connectivity index is 2.35. The zero-order valence-corrected chi connectivity index (χ0v) is 11.1. The molecule has 0 aliphatic rings. The van der Waals surface area contributed by atoms with Crippen molar-refractivity contribution in [2.24, 2.45) is 5.73 Å². The molecule has 2 aromatic carbocycles. The quantitative estimate of drug-likeness (QED) is 0.904. The van der Waals surface area contributed by atoms with Crippen molar-refractivity contribution < 1.29 is 13.5 Å². The smallest absolute Gasteiger partial charge is 0.198 e. The Bertz CT molecular complexity index is 597. The summed E-state index contributed by atoms with van der Waals surface area (Å²) in [4.78, 5) is 0. The molecule has 0 spiro atoms. The lowest BCUT2D eigenvalue weighted by atomic mass is 10.2. The van der Waals surface area contributed by atoms with Gasteiger partial charge in [0, 0.05) is 12.6 Å². The Kier molecular flexibility index (Phi) is 4.24. The molecule has 0 unspecified atom stereocenters. The van der Waals surface area contributed by atoms with Gasteiger partial charge in [-0.3, -0.25) is 0 Å². The lowest BCUT2D eigenvalue weighted by molar-refractivity contribution is 0.406. The molecule has 0 fully saturated rings. The van der Waals surface area contributed by atoms with Gasteiger partial charge in [0.2, 0.25) is 0 Å². The summed E-state index contributed by atoms with van der Waals surface area (Å²) in [6.07, 6.45) is 0. The van der Waals surface area contributed by atoms with E-state index in [0.29, 0.717) is 10.6 Å². The van der Waals surface area contributed by atoms with Crippen LogP contribution in [0.2, 0.25) is 10.0 Å². The first kappa shape index (κ1) is 14.1. The number of nitrogens with two attached hydrogens (primary N) is 1. The third kappa shape index (κ3) is 3.15. The topological polar surface area (TPSA) is 35.2 Å². The highest BCUT2D eigenvalue weighted by Gasteiger charge is 2.14. The Morgan fingerprint density at radius 1 is 1.00 bits per heavy atom. The minimum atomic E-state index is -0.827. The van der Waals surface area contributed by atoms with Crippen molar-refractivity contribution in [2.75, 3.05) is 0 Å². The second-order valence-electron chi connectivity index (χ2n) is 3.77. The molecule has 2 aromatic rings. The Labute approximate surface area is 118 Å². The molecule has 0 bridgehead atoms. The number of ether oxygens (including phenoxy) is 1. The van der Waals surface area contributed by atoms with Gasteiger partial charge in [-0.25, -0.2) is 8.78 Å². The van der Waals surface area contributed by atoms with Crippen molar-refractivity contribution >= 4 is 23.2 Å². The van der Waals surface area contributed by atoms with E-state index in [1.54, 1.807) is 0 Å². The van der Waals surface area contributed by atoms with Crippen LogP contribution >= 0.6 is 23.2 Å². The molecule has 0 atom stereocenters. The van der Waals surface area contributed by atoms with Gasteiger partial charge in [0.1, 0.15) is 5.75 Å². The average Bonchev–Trinajstić information content (AvgIpc) is 2.37. The second kappa shape index (κ2) is 5.74.